The highest BCUT2D eigenvalue weighted by Gasteiger charge is 2.39. The number of furan rings is 1. The average Bonchev–Trinajstić information content (AvgIpc) is 3.22. The second-order valence-corrected chi connectivity index (χ2v) is 7.23. The van der Waals surface area contributed by atoms with E-state index in [0.29, 0.717) is 38.5 Å². The molecule has 1 aliphatic rings. The van der Waals surface area contributed by atoms with E-state index in [1.807, 2.05) is 24.3 Å². The maximum Gasteiger partial charge on any atom is 0.303 e. The molecule has 6 nitrogen and oxygen atoms in total. The van der Waals surface area contributed by atoms with Crippen molar-refractivity contribution in [2.45, 2.75) is 63.3 Å². The number of aryl methyl sites for hydroxylation is 1. The Bertz CT molecular complexity index is 606. The summed E-state index contributed by atoms with van der Waals surface area (Å²) in [5.41, 5.74) is 1.03. The van der Waals surface area contributed by atoms with Gasteiger partial charge in [0.15, 0.2) is 0 Å². The van der Waals surface area contributed by atoms with Crippen LogP contribution in [0.1, 0.15) is 44.1 Å². The van der Waals surface area contributed by atoms with Gasteiger partial charge in [0.2, 0.25) is 0 Å². The smallest absolute Gasteiger partial charge is 0.303 e. The molecule has 0 bridgehead atoms. The maximum absolute atomic E-state index is 10.5. The molecular weight excluding hydrogens is 348 g/mol. The Morgan fingerprint density at radius 3 is 2.81 bits per heavy atom. The normalized spacial score (nSPS) is 26.9. The maximum atomic E-state index is 10.5. The van der Waals surface area contributed by atoms with Crippen LogP contribution >= 0.6 is 0 Å². The Hall–Kier alpha value is -1.89. The van der Waals surface area contributed by atoms with Crippen molar-refractivity contribution in [1.29, 1.82) is 0 Å². The summed E-state index contributed by atoms with van der Waals surface area (Å²) in [5.74, 6) is -1.10. The molecule has 0 aliphatic heterocycles. The molecule has 6 heteroatoms. The summed E-state index contributed by atoms with van der Waals surface area (Å²) in [6.07, 6.45) is 12.5. The highest BCUT2D eigenvalue weighted by Crippen LogP contribution is 2.36. The number of rotatable bonds is 11. The van der Waals surface area contributed by atoms with Crippen molar-refractivity contribution < 1.29 is 29.6 Å². The predicted octanol–water partition coefficient (Wildman–Crippen LogP) is 2.69. The first-order valence-corrected chi connectivity index (χ1v) is 9.57. The Kier molecular flexibility index (Phi) is 8.78. The van der Waals surface area contributed by atoms with E-state index in [2.05, 4.69) is 0 Å². The molecule has 1 aliphatic carbocycles. The van der Waals surface area contributed by atoms with Gasteiger partial charge in [-0.3, -0.25) is 4.79 Å². The third-order valence-corrected chi connectivity index (χ3v) is 5.12. The zero-order valence-corrected chi connectivity index (χ0v) is 15.5. The zero-order valence-electron chi connectivity index (χ0n) is 15.5. The third-order valence-electron chi connectivity index (χ3n) is 5.12. The Balaban J connectivity index is 1.81. The van der Waals surface area contributed by atoms with Crippen LogP contribution in [0, 0.1) is 11.8 Å². The summed E-state index contributed by atoms with van der Waals surface area (Å²) in [4.78, 5) is 10.5. The van der Waals surface area contributed by atoms with E-state index in [4.69, 9.17) is 9.52 Å². The number of aliphatic hydroxyl groups is 3. The Morgan fingerprint density at radius 1 is 1.30 bits per heavy atom. The van der Waals surface area contributed by atoms with Crippen molar-refractivity contribution in [3.63, 3.8) is 0 Å². The number of hydrogen-bond acceptors (Lipinski definition) is 5. The average molecular weight is 378 g/mol. The minimum atomic E-state index is -0.797. The molecule has 2 rings (SSSR count). The van der Waals surface area contributed by atoms with Crippen molar-refractivity contribution in [3.8, 4) is 0 Å². The Labute approximate surface area is 159 Å². The molecule has 0 spiro atoms. The van der Waals surface area contributed by atoms with Gasteiger partial charge in [0.25, 0.3) is 0 Å². The molecule has 1 aromatic rings. The molecule has 1 heterocycles. The van der Waals surface area contributed by atoms with Crippen molar-refractivity contribution >= 4 is 5.97 Å². The molecule has 150 valence electrons. The van der Waals surface area contributed by atoms with Gasteiger partial charge in [0.1, 0.15) is 0 Å². The molecule has 27 heavy (non-hydrogen) atoms. The van der Waals surface area contributed by atoms with Crippen LogP contribution < -0.4 is 0 Å². The standard InChI is InChI=1S/C21H30O6/c22-16(8-7-15-11-12-27-14-15)9-10-18-17(19(23)13-20(18)24)5-3-1-2-4-6-21(25)26/h1,3,9-12,14,16-20,22-24H,2,4-8,13H2,(H,25,26)/t16?,17-,18-,19?,20?/m1/s1. The fourth-order valence-electron chi connectivity index (χ4n) is 3.55. The second kappa shape index (κ2) is 11.1. The van der Waals surface area contributed by atoms with Crippen molar-refractivity contribution in [2.24, 2.45) is 11.8 Å². The molecule has 1 saturated carbocycles. The monoisotopic (exact) mass is 378 g/mol. The van der Waals surface area contributed by atoms with Gasteiger partial charge in [-0.1, -0.05) is 24.3 Å². The highest BCUT2D eigenvalue weighted by atomic mass is 16.4. The second-order valence-electron chi connectivity index (χ2n) is 7.23. The summed E-state index contributed by atoms with van der Waals surface area (Å²) in [5, 5.41) is 39.2. The predicted molar refractivity (Wildman–Crippen MR) is 101 cm³/mol. The summed E-state index contributed by atoms with van der Waals surface area (Å²) < 4.78 is 5.01. The lowest BCUT2D eigenvalue weighted by Gasteiger charge is -2.19. The molecular formula is C21H30O6. The summed E-state index contributed by atoms with van der Waals surface area (Å²) in [6, 6.07) is 1.87. The number of aliphatic carboxylic acids is 1. The lowest BCUT2D eigenvalue weighted by atomic mass is 9.89. The summed E-state index contributed by atoms with van der Waals surface area (Å²) in [7, 11) is 0. The van der Waals surface area contributed by atoms with Crippen LogP contribution in [0.5, 0.6) is 0 Å². The number of allylic oxidation sites excluding steroid dienone is 2. The summed E-state index contributed by atoms with van der Waals surface area (Å²) in [6.45, 7) is 0. The van der Waals surface area contributed by atoms with Crippen LogP contribution in [-0.2, 0) is 11.2 Å². The SMILES string of the molecule is O=C(O)CCCC=CC[C@H]1C(O)CC(O)[C@@H]1C=CC(O)CCc1ccoc1. The van der Waals surface area contributed by atoms with Gasteiger partial charge in [-0.2, -0.15) is 0 Å². The topological polar surface area (TPSA) is 111 Å². The van der Waals surface area contributed by atoms with Gasteiger partial charge >= 0.3 is 5.97 Å². The molecule has 0 amide bonds. The van der Waals surface area contributed by atoms with E-state index in [1.54, 1.807) is 18.6 Å². The molecule has 1 fully saturated rings. The van der Waals surface area contributed by atoms with E-state index < -0.39 is 24.3 Å². The van der Waals surface area contributed by atoms with Crippen LogP contribution in [0.2, 0.25) is 0 Å². The van der Waals surface area contributed by atoms with Crippen LogP contribution in [0.4, 0.5) is 0 Å². The van der Waals surface area contributed by atoms with Crippen molar-refractivity contribution in [1.82, 2.24) is 0 Å². The third kappa shape index (κ3) is 7.33. The number of hydrogen-bond donors (Lipinski definition) is 4. The van der Waals surface area contributed by atoms with Crippen LogP contribution in [-0.4, -0.2) is 44.7 Å². The van der Waals surface area contributed by atoms with Crippen LogP contribution in [0.15, 0.2) is 47.3 Å². The van der Waals surface area contributed by atoms with E-state index in [0.717, 1.165) is 5.56 Å². The van der Waals surface area contributed by atoms with Crippen LogP contribution in [0.3, 0.4) is 0 Å². The molecule has 0 radical (unpaired) electrons. The molecule has 3 unspecified atom stereocenters. The quantitative estimate of drug-likeness (QED) is 0.348. The summed E-state index contributed by atoms with van der Waals surface area (Å²) >= 11 is 0. The molecule has 0 saturated heterocycles. The van der Waals surface area contributed by atoms with E-state index in [9.17, 15) is 20.1 Å². The minimum absolute atomic E-state index is 0.104. The highest BCUT2D eigenvalue weighted by molar-refractivity contribution is 5.66. The first-order valence-electron chi connectivity index (χ1n) is 9.57. The van der Waals surface area contributed by atoms with Gasteiger partial charge < -0.3 is 24.8 Å². The van der Waals surface area contributed by atoms with Gasteiger partial charge in [0, 0.05) is 18.8 Å². The number of unbranched alkanes of at least 4 members (excludes halogenated alkanes) is 1. The van der Waals surface area contributed by atoms with Crippen molar-refractivity contribution in [2.75, 3.05) is 0 Å². The molecule has 0 aromatic carbocycles. The first kappa shape index (κ1) is 21.4. The number of aliphatic hydroxyl groups excluding tert-OH is 3. The van der Waals surface area contributed by atoms with E-state index >= 15 is 0 Å². The Morgan fingerprint density at radius 2 is 2.11 bits per heavy atom. The minimum Gasteiger partial charge on any atom is -0.481 e. The van der Waals surface area contributed by atoms with E-state index in [1.165, 1.54) is 0 Å². The number of carboxylic acids is 1. The van der Waals surface area contributed by atoms with Crippen molar-refractivity contribution in [3.05, 3.63) is 48.5 Å². The van der Waals surface area contributed by atoms with Gasteiger partial charge in [0.05, 0.1) is 30.8 Å². The fourth-order valence-corrected chi connectivity index (χ4v) is 3.55. The van der Waals surface area contributed by atoms with E-state index in [-0.39, 0.29) is 18.3 Å². The lowest BCUT2D eigenvalue weighted by Crippen LogP contribution is -2.20. The first-order chi connectivity index (χ1) is 13.0. The number of carboxylic acid groups (broad SMARTS) is 1. The van der Waals surface area contributed by atoms with Gasteiger partial charge in [-0.25, -0.2) is 0 Å². The van der Waals surface area contributed by atoms with Gasteiger partial charge in [-0.15, -0.1) is 0 Å². The van der Waals surface area contributed by atoms with Gasteiger partial charge in [-0.05, 0) is 49.7 Å². The molecule has 5 atom stereocenters. The lowest BCUT2D eigenvalue weighted by molar-refractivity contribution is -0.137. The molecule has 4 N–H and O–H groups in total. The largest absolute Gasteiger partial charge is 0.481 e. The number of carbonyl (C=O) groups is 1. The zero-order chi connectivity index (χ0) is 19.6. The fraction of sp³-hybridized carbons (Fsp3) is 0.571. The van der Waals surface area contributed by atoms with Crippen LogP contribution in [0.25, 0.3) is 0 Å². The molecule has 1 aromatic heterocycles.